The van der Waals surface area contributed by atoms with Gasteiger partial charge in [-0.1, -0.05) is 12.1 Å². The lowest BCUT2D eigenvalue weighted by atomic mass is 10.2. The van der Waals surface area contributed by atoms with Gasteiger partial charge in [-0.3, -0.25) is 4.99 Å². The molecule has 0 bridgehead atoms. The minimum Gasteiger partial charge on any atom is -0.370 e. The number of pyridine rings is 1. The molecule has 0 aliphatic carbocycles. The largest absolute Gasteiger partial charge is 0.370 e. The van der Waals surface area contributed by atoms with Crippen LogP contribution in [0.15, 0.2) is 47.6 Å². The lowest BCUT2D eigenvalue weighted by molar-refractivity contribution is 0.576. The molecule has 0 saturated carbocycles. The zero-order chi connectivity index (χ0) is 21.2. The highest BCUT2D eigenvalue weighted by atomic mass is 19.1. The molecule has 0 amide bonds. The summed E-state index contributed by atoms with van der Waals surface area (Å²) in [5.74, 6) is 0.593. The molecule has 1 aliphatic heterocycles. The molecular weight excluding hydrogens is 386 g/mol. The van der Waals surface area contributed by atoms with E-state index in [9.17, 15) is 8.78 Å². The second kappa shape index (κ2) is 11.3. The Kier molecular flexibility index (Phi) is 8.23. The van der Waals surface area contributed by atoms with Crippen molar-refractivity contribution in [3.8, 4) is 0 Å². The minimum atomic E-state index is -0.518. The maximum Gasteiger partial charge on any atom is 0.191 e. The zero-order valence-electron chi connectivity index (χ0n) is 17.4. The number of para-hydroxylation sites is 1. The van der Waals surface area contributed by atoms with Crippen molar-refractivity contribution in [1.82, 2.24) is 15.6 Å². The van der Waals surface area contributed by atoms with E-state index in [4.69, 9.17) is 0 Å². The molecule has 2 aromatic rings. The molecule has 30 heavy (non-hydrogen) atoms. The minimum absolute atomic E-state index is 0.0594. The number of aliphatic imine (C=N–C) groups is 1. The van der Waals surface area contributed by atoms with Crippen molar-refractivity contribution < 1.29 is 8.78 Å². The number of aromatic nitrogens is 1. The molecule has 8 heteroatoms. The number of rotatable bonds is 9. The standard InChI is InChI=1S/C22H30F2N6/c1-2-25-22(28-14-6-5-13-27-20-10-3-4-12-26-20)29-17-11-15-30(16-17)21-18(23)8-7-9-19(21)24/h3-4,7-10,12,17H,2,5-6,11,13-16H2,1H3,(H,26,27)(H2,25,28,29). The number of guanidine groups is 1. The summed E-state index contributed by atoms with van der Waals surface area (Å²) >= 11 is 0. The molecule has 2 heterocycles. The highest BCUT2D eigenvalue weighted by Gasteiger charge is 2.27. The van der Waals surface area contributed by atoms with E-state index < -0.39 is 11.6 Å². The molecule has 1 atom stereocenters. The summed E-state index contributed by atoms with van der Waals surface area (Å²) in [6.45, 7) is 5.47. The molecule has 6 nitrogen and oxygen atoms in total. The monoisotopic (exact) mass is 416 g/mol. The van der Waals surface area contributed by atoms with E-state index in [-0.39, 0.29) is 11.7 Å². The van der Waals surface area contributed by atoms with Crippen molar-refractivity contribution >= 4 is 17.5 Å². The first-order chi connectivity index (χ1) is 14.7. The third-order valence-corrected chi connectivity index (χ3v) is 4.95. The van der Waals surface area contributed by atoms with Crippen LogP contribution in [-0.2, 0) is 0 Å². The van der Waals surface area contributed by atoms with E-state index in [1.54, 1.807) is 11.1 Å². The summed E-state index contributed by atoms with van der Waals surface area (Å²) in [5, 5.41) is 9.94. The fourth-order valence-corrected chi connectivity index (χ4v) is 3.50. The fraction of sp³-hybridized carbons (Fsp3) is 0.455. The molecule has 0 radical (unpaired) electrons. The van der Waals surface area contributed by atoms with Crippen LogP contribution in [0, 0.1) is 11.6 Å². The van der Waals surface area contributed by atoms with Gasteiger partial charge in [-0.2, -0.15) is 0 Å². The number of hydrogen-bond donors (Lipinski definition) is 3. The first kappa shape index (κ1) is 21.8. The molecule has 1 aliphatic rings. The topological polar surface area (TPSA) is 64.6 Å². The average molecular weight is 417 g/mol. The Hall–Kier alpha value is -2.90. The summed E-state index contributed by atoms with van der Waals surface area (Å²) in [7, 11) is 0. The molecule has 1 aromatic carbocycles. The summed E-state index contributed by atoms with van der Waals surface area (Å²) in [5.41, 5.74) is 0.0594. The Morgan fingerprint density at radius 1 is 1.17 bits per heavy atom. The second-order valence-electron chi connectivity index (χ2n) is 7.26. The van der Waals surface area contributed by atoms with Gasteiger partial charge < -0.3 is 20.9 Å². The van der Waals surface area contributed by atoms with Crippen LogP contribution in [0.5, 0.6) is 0 Å². The Labute approximate surface area is 176 Å². The first-order valence-corrected chi connectivity index (χ1v) is 10.6. The number of unbranched alkanes of at least 4 members (excludes halogenated alkanes) is 1. The number of nitrogens with zero attached hydrogens (tertiary/aromatic N) is 3. The summed E-state index contributed by atoms with van der Waals surface area (Å²) in [4.78, 5) is 10.6. The van der Waals surface area contributed by atoms with Gasteiger partial charge in [-0.25, -0.2) is 13.8 Å². The van der Waals surface area contributed by atoms with Gasteiger partial charge in [0.15, 0.2) is 5.96 Å². The van der Waals surface area contributed by atoms with Crippen LogP contribution in [0.3, 0.4) is 0 Å². The molecule has 3 rings (SSSR count). The van der Waals surface area contributed by atoms with Gasteiger partial charge in [0.1, 0.15) is 23.1 Å². The summed E-state index contributed by atoms with van der Waals surface area (Å²) in [6, 6.07) is 9.88. The quantitative estimate of drug-likeness (QED) is 0.332. The predicted molar refractivity (Wildman–Crippen MR) is 118 cm³/mol. The average Bonchev–Trinajstić information content (AvgIpc) is 3.19. The SMILES string of the molecule is CCNC(=NCCCCNc1ccccn1)NC1CCN(c2c(F)cccc2F)C1. The van der Waals surface area contributed by atoms with E-state index in [1.807, 2.05) is 25.1 Å². The van der Waals surface area contributed by atoms with Crippen LogP contribution in [0.1, 0.15) is 26.2 Å². The molecule has 3 N–H and O–H groups in total. The third kappa shape index (κ3) is 6.30. The molecule has 1 unspecified atom stereocenters. The Morgan fingerprint density at radius 3 is 2.73 bits per heavy atom. The van der Waals surface area contributed by atoms with Crippen molar-refractivity contribution in [2.45, 2.75) is 32.2 Å². The molecule has 1 fully saturated rings. The van der Waals surface area contributed by atoms with Gasteiger partial charge >= 0.3 is 0 Å². The molecule has 1 aromatic heterocycles. The van der Waals surface area contributed by atoms with Crippen LogP contribution >= 0.6 is 0 Å². The molecule has 162 valence electrons. The third-order valence-electron chi connectivity index (χ3n) is 4.95. The number of anilines is 2. The van der Waals surface area contributed by atoms with E-state index >= 15 is 0 Å². The predicted octanol–water partition coefficient (Wildman–Crippen LogP) is 3.39. The number of halogens is 2. The van der Waals surface area contributed by atoms with E-state index in [0.717, 1.165) is 44.1 Å². The van der Waals surface area contributed by atoms with Crippen molar-refractivity contribution in [2.75, 3.05) is 42.9 Å². The second-order valence-corrected chi connectivity index (χ2v) is 7.26. The van der Waals surface area contributed by atoms with Gasteiger partial charge in [-0.05, 0) is 50.5 Å². The lowest BCUT2D eigenvalue weighted by Crippen LogP contribution is -2.44. The fourth-order valence-electron chi connectivity index (χ4n) is 3.50. The normalized spacial score (nSPS) is 16.6. The molecular formula is C22H30F2N6. The number of nitrogens with one attached hydrogen (secondary N) is 3. The summed E-state index contributed by atoms with van der Waals surface area (Å²) < 4.78 is 28.1. The zero-order valence-corrected chi connectivity index (χ0v) is 17.4. The van der Waals surface area contributed by atoms with E-state index in [1.165, 1.54) is 18.2 Å². The Bertz CT molecular complexity index is 794. The molecule has 1 saturated heterocycles. The van der Waals surface area contributed by atoms with Crippen molar-refractivity contribution in [3.05, 3.63) is 54.2 Å². The van der Waals surface area contributed by atoms with Crippen LogP contribution in [-0.4, -0.2) is 49.7 Å². The Balaban J connectivity index is 1.43. The van der Waals surface area contributed by atoms with E-state index in [2.05, 4.69) is 25.9 Å². The highest BCUT2D eigenvalue weighted by molar-refractivity contribution is 5.80. The highest BCUT2D eigenvalue weighted by Crippen LogP contribution is 2.26. The van der Waals surface area contributed by atoms with Crippen molar-refractivity contribution in [3.63, 3.8) is 0 Å². The maximum atomic E-state index is 14.0. The van der Waals surface area contributed by atoms with Crippen molar-refractivity contribution in [2.24, 2.45) is 4.99 Å². The van der Waals surface area contributed by atoms with Crippen molar-refractivity contribution in [1.29, 1.82) is 0 Å². The van der Waals surface area contributed by atoms with Crippen LogP contribution in [0.4, 0.5) is 20.3 Å². The van der Waals surface area contributed by atoms with Gasteiger partial charge in [0.25, 0.3) is 0 Å². The van der Waals surface area contributed by atoms with Gasteiger partial charge in [0, 0.05) is 45.0 Å². The van der Waals surface area contributed by atoms with Crippen LogP contribution in [0.25, 0.3) is 0 Å². The smallest absolute Gasteiger partial charge is 0.191 e. The van der Waals surface area contributed by atoms with Gasteiger partial charge in [-0.15, -0.1) is 0 Å². The Morgan fingerprint density at radius 2 is 2.00 bits per heavy atom. The van der Waals surface area contributed by atoms with Gasteiger partial charge in [0.05, 0.1) is 0 Å². The van der Waals surface area contributed by atoms with Crippen LogP contribution < -0.4 is 20.9 Å². The van der Waals surface area contributed by atoms with Crippen LogP contribution in [0.2, 0.25) is 0 Å². The first-order valence-electron chi connectivity index (χ1n) is 10.6. The number of benzene rings is 1. The van der Waals surface area contributed by atoms with E-state index in [0.29, 0.717) is 19.6 Å². The maximum absolute atomic E-state index is 14.0. The number of hydrogen-bond acceptors (Lipinski definition) is 4. The van der Waals surface area contributed by atoms with Gasteiger partial charge in [0.2, 0.25) is 0 Å². The summed E-state index contributed by atoms with van der Waals surface area (Å²) in [6.07, 6.45) is 4.51. The molecule has 0 spiro atoms. The lowest BCUT2D eigenvalue weighted by Gasteiger charge is -2.21.